The highest BCUT2D eigenvalue weighted by Crippen LogP contribution is 2.22. The summed E-state index contributed by atoms with van der Waals surface area (Å²) in [6, 6.07) is 4.58. The number of nitro groups is 1. The first-order chi connectivity index (χ1) is 10.5. The molecule has 120 valence electrons. The van der Waals surface area contributed by atoms with Gasteiger partial charge >= 0.3 is 0 Å². The van der Waals surface area contributed by atoms with Crippen molar-refractivity contribution in [2.24, 2.45) is 0 Å². The van der Waals surface area contributed by atoms with Crippen molar-refractivity contribution in [1.82, 2.24) is 5.32 Å². The summed E-state index contributed by atoms with van der Waals surface area (Å²) in [7, 11) is 0. The molecule has 2 N–H and O–H groups in total. The van der Waals surface area contributed by atoms with Gasteiger partial charge in [-0.3, -0.25) is 14.9 Å². The number of nitrogens with one attached hydrogen (secondary N) is 2. The molecule has 1 aromatic rings. The van der Waals surface area contributed by atoms with Crippen molar-refractivity contribution < 1.29 is 9.72 Å². The monoisotopic (exact) mass is 305 g/mol. The van der Waals surface area contributed by atoms with Crippen LogP contribution in [0.15, 0.2) is 18.2 Å². The first kappa shape index (κ1) is 16.4. The molecular weight excluding hydrogens is 282 g/mol. The Bertz CT molecular complexity index is 554. The second kappa shape index (κ2) is 7.35. The van der Waals surface area contributed by atoms with Gasteiger partial charge in [0.2, 0.25) is 5.91 Å². The number of aryl methyl sites for hydroxylation is 1. The molecule has 0 radical (unpaired) electrons. The summed E-state index contributed by atoms with van der Waals surface area (Å²) in [5.41, 5.74) is 1.34. The molecule has 1 unspecified atom stereocenters. The minimum atomic E-state index is -0.439. The first-order valence-electron chi connectivity index (χ1n) is 7.79. The maximum Gasteiger partial charge on any atom is 0.269 e. The van der Waals surface area contributed by atoms with Crippen molar-refractivity contribution in [1.29, 1.82) is 0 Å². The number of benzene rings is 1. The largest absolute Gasteiger partial charge is 0.324 e. The summed E-state index contributed by atoms with van der Waals surface area (Å²) >= 11 is 0. The van der Waals surface area contributed by atoms with Gasteiger partial charge in [0.25, 0.3) is 5.69 Å². The molecule has 0 bridgehead atoms. The van der Waals surface area contributed by atoms with Gasteiger partial charge in [-0.1, -0.05) is 19.3 Å². The maximum atomic E-state index is 12.2. The van der Waals surface area contributed by atoms with Crippen molar-refractivity contribution in [2.75, 3.05) is 5.32 Å². The van der Waals surface area contributed by atoms with E-state index in [1.54, 1.807) is 13.0 Å². The fourth-order valence-electron chi connectivity index (χ4n) is 2.84. The molecule has 1 saturated carbocycles. The molecule has 2 rings (SSSR count). The third kappa shape index (κ3) is 4.27. The summed E-state index contributed by atoms with van der Waals surface area (Å²) < 4.78 is 0. The molecular formula is C16H23N3O3. The molecule has 1 fully saturated rings. The number of amides is 1. The zero-order valence-electron chi connectivity index (χ0n) is 13.1. The van der Waals surface area contributed by atoms with Crippen LogP contribution in [0.3, 0.4) is 0 Å². The molecule has 0 aliphatic heterocycles. The third-order valence-corrected chi connectivity index (χ3v) is 4.16. The maximum absolute atomic E-state index is 12.2. The number of nitrogens with zero attached hydrogens (tertiary/aromatic N) is 1. The second-order valence-corrected chi connectivity index (χ2v) is 5.97. The number of non-ortho nitro benzene ring substituents is 1. The topological polar surface area (TPSA) is 84.3 Å². The van der Waals surface area contributed by atoms with Gasteiger partial charge in [-0.2, -0.15) is 0 Å². The van der Waals surface area contributed by atoms with E-state index in [0.29, 0.717) is 17.3 Å². The van der Waals surface area contributed by atoms with Crippen LogP contribution in [0.5, 0.6) is 0 Å². The van der Waals surface area contributed by atoms with Crippen LogP contribution in [0.4, 0.5) is 11.4 Å². The van der Waals surface area contributed by atoms with Gasteiger partial charge in [0.1, 0.15) is 0 Å². The molecule has 6 heteroatoms. The Morgan fingerprint density at radius 2 is 2.00 bits per heavy atom. The minimum absolute atomic E-state index is 0.0314. The Morgan fingerprint density at radius 3 is 2.59 bits per heavy atom. The van der Waals surface area contributed by atoms with E-state index in [1.165, 1.54) is 31.4 Å². The molecule has 1 aromatic carbocycles. The van der Waals surface area contributed by atoms with E-state index in [2.05, 4.69) is 10.6 Å². The van der Waals surface area contributed by atoms with Crippen LogP contribution in [-0.2, 0) is 4.79 Å². The fourth-order valence-corrected chi connectivity index (χ4v) is 2.84. The average Bonchev–Trinajstić information content (AvgIpc) is 2.50. The molecule has 6 nitrogen and oxygen atoms in total. The highest BCUT2D eigenvalue weighted by Gasteiger charge is 2.20. The highest BCUT2D eigenvalue weighted by molar-refractivity contribution is 5.95. The normalized spacial score (nSPS) is 17.0. The molecule has 1 atom stereocenters. The smallest absolute Gasteiger partial charge is 0.269 e. The Labute approximate surface area is 130 Å². The highest BCUT2D eigenvalue weighted by atomic mass is 16.6. The molecule has 0 aromatic heterocycles. The van der Waals surface area contributed by atoms with Gasteiger partial charge in [0.05, 0.1) is 11.0 Å². The van der Waals surface area contributed by atoms with Crippen LogP contribution >= 0.6 is 0 Å². The van der Waals surface area contributed by atoms with E-state index in [-0.39, 0.29) is 17.6 Å². The lowest BCUT2D eigenvalue weighted by atomic mass is 9.95. The number of carbonyl (C=O) groups excluding carboxylic acids is 1. The van der Waals surface area contributed by atoms with Crippen LogP contribution < -0.4 is 10.6 Å². The Kier molecular flexibility index (Phi) is 5.49. The number of carbonyl (C=O) groups is 1. The van der Waals surface area contributed by atoms with Gasteiger partial charge in [-0.05, 0) is 38.3 Å². The van der Waals surface area contributed by atoms with Crippen molar-refractivity contribution in [3.05, 3.63) is 33.9 Å². The van der Waals surface area contributed by atoms with E-state index >= 15 is 0 Å². The van der Waals surface area contributed by atoms with E-state index in [4.69, 9.17) is 0 Å². The lowest BCUT2D eigenvalue weighted by molar-refractivity contribution is -0.384. The third-order valence-electron chi connectivity index (χ3n) is 4.16. The standard InChI is InChI=1S/C16H23N3O3/c1-11-10-14(19(21)22)8-9-15(11)18-16(20)12(2)17-13-6-4-3-5-7-13/h8-10,12-13,17H,3-7H2,1-2H3,(H,18,20). The zero-order chi connectivity index (χ0) is 16.1. The lowest BCUT2D eigenvalue weighted by Gasteiger charge is -2.26. The Hall–Kier alpha value is -1.95. The molecule has 0 heterocycles. The van der Waals surface area contributed by atoms with Crippen LogP contribution in [0.2, 0.25) is 0 Å². The SMILES string of the molecule is Cc1cc([N+](=O)[O-])ccc1NC(=O)C(C)NC1CCCCC1. The summed E-state index contributed by atoms with van der Waals surface area (Å²) in [6.45, 7) is 3.60. The summed E-state index contributed by atoms with van der Waals surface area (Å²) in [6.07, 6.45) is 5.95. The van der Waals surface area contributed by atoms with Crippen LogP contribution in [-0.4, -0.2) is 22.9 Å². The predicted molar refractivity (Wildman–Crippen MR) is 85.9 cm³/mol. The van der Waals surface area contributed by atoms with E-state index < -0.39 is 4.92 Å². The van der Waals surface area contributed by atoms with Crippen molar-refractivity contribution in [3.8, 4) is 0 Å². The molecule has 22 heavy (non-hydrogen) atoms. The van der Waals surface area contributed by atoms with Gasteiger partial charge in [-0.15, -0.1) is 0 Å². The van der Waals surface area contributed by atoms with Gasteiger partial charge in [-0.25, -0.2) is 0 Å². The summed E-state index contributed by atoms with van der Waals surface area (Å²) in [5.74, 6) is -0.109. The van der Waals surface area contributed by atoms with E-state index in [9.17, 15) is 14.9 Å². The predicted octanol–water partition coefficient (Wildman–Crippen LogP) is 3.15. The number of anilines is 1. The Balaban J connectivity index is 1.94. The molecule has 1 aliphatic carbocycles. The van der Waals surface area contributed by atoms with E-state index in [1.807, 2.05) is 6.92 Å². The van der Waals surface area contributed by atoms with Crippen molar-refractivity contribution in [2.45, 2.75) is 58.0 Å². The van der Waals surface area contributed by atoms with Crippen LogP contribution in [0.1, 0.15) is 44.6 Å². The van der Waals surface area contributed by atoms with Crippen molar-refractivity contribution >= 4 is 17.3 Å². The van der Waals surface area contributed by atoms with Gasteiger partial charge in [0, 0.05) is 23.9 Å². The quantitative estimate of drug-likeness (QED) is 0.646. The number of hydrogen-bond acceptors (Lipinski definition) is 4. The molecule has 0 spiro atoms. The van der Waals surface area contributed by atoms with Crippen LogP contribution in [0.25, 0.3) is 0 Å². The summed E-state index contributed by atoms with van der Waals surface area (Å²) in [5, 5.41) is 16.9. The zero-order valence-corrected chi connectivity index (χ0v) is 13.1. The van der Waals surface area contributed by atoms with Crippen LogP contribution in [0, 0.1) is 17.0 Å². The second-order valence-electron chi connectivity index (χ2n) is 5.97. The molecule has 1 aliphatic rings. The van der Waals surface area contributed by atoms with Crippen molar-refractivity contribution in [3.63, 3.8) is 0 Å². The number of nitro benzene ring substituents is 1. The average molecular weight is 305 g/mol. The fraction of sp³-hybridized carbons (Fsp3) is 0.562. The first-order valence-corrected chi connectivity index (χ1v) is 7.79. The van der Waals surface area contributed by atoms with Gasteiger partial charge in [0.15, 0.2) is 0 Å². The molecule has 1 amide bonds. The number of rotatable bonds is 5. The Morgan fingerprint density at radius 1 is 1.32 bits per heavy atom. The number of hydrogen-bond donors (Lipinski definition) is 2. The molecule has 0 saturated heterocycles. The lowest BCUT2D eigenvalue weighted by Crippen LogP contribution is -2.44. The van der Waals surface area contributed by atoms with Gasteiger partial charge < -0.3 is 10.6 Å². The minimum Gasteiger partial charge on any atom is -0.324 e. The van der Waals surface area contributed by atoms with E-state index in [0.717, 1.165) is 12.8 Å². The summed E-state index contributed by atoms with van der Waals surface area (Å²) in [4.78, 5) is 22.5.